The highest BCUT2D eigenvalue weighted by molar-refractivity contribution is 5.79. The Bertz CT molecular complexity index is 443. The van der Waals surface area contributed by atoms with E-state index in [0.717, 1.165) is 37.6 Å². The van der Waals surface area contributed by atoms with Crippen LogP contribution in [-0.2, 0) is 6.54 Å². The predicted molar refractivity (Wildman–Crippen MR) is 85.3 cm³/mol. The molecule has 0 unspecified atom stereocenters. The minimum Gasteiger partial charge on any atom is -0.497 e. The highest BCUT2D eigenvalue weighted by atomic mass is 16.5. The molecule has 4 heteroatoms. The van der Waals surface area contributed by atoms with Crippen molar-refractivity contribution >= 4 is 5.96 Å². The van der Waals surface area contributed by atoms with E-state index in [-0.39, 0.29) is 0 Å². The summed E-state index contributed by atoms with van der Waals surface area (Å²) in [5.41, 5.74) is 1.17. The average molecular weight is 275 g/mol. The van der Waals surface area contributed by atoms with Gasteiger partial charge in [-0.2, -0.15) is 0 Å². The Morgan fingerprint density at radius 2 is 2.30 bits per heavy atom. The third-order valence-electron chi connectivity index (χ3n) is 3.06. The first-order valence-corrected chi connectivity index (χ1v) is 6.87. The molecule has 0 aliphatic heterocycles. The van der Waals surface area contributed by atoms with Crippen molar-refractivity contribution in [3.05, 3.63) is 42.5 Å². The molecule has 0 aliphatic rings. The first kappa shape index (κ1) is 16.1. The Balaban J connectivity index is 2.50. The van der Waals surface area contributed by atoms with E-state index in [2.05, 4.69) is 27.9 Å². The average Bonchev–Trinajstić information content (AvgIpc) is 2.48. The molecule has 0 fully saturated rings. The number of nitrogens with one attached hydrogen (secondary N) is 1. The van der Waals surface area contributed by atoms with Crippen LogP contribution in [0, 0.1) is 0 Å². The fourth-order valence-corrected chi connectivity index (χ4v) is 1.93. The van der Waals surface area contributed by atoms with Gasteiger partial charge in [0.05, 0.1) is 7.11 Å². The van der Waals surface area contributed by atoms with Gasteiger partial charge in [-0.05, 0) is 30.5 Å². The Hall–Kier alpha value is -1.97. The van der Waals surface area contributed by atoms with Gasteiger partial charge in [0.25, 0.3) is 0 Å². The van der Waals surface area contributed by atoms with Gasteiger partial charge < -0.3 is 15.0 Å². The van der Waals surface area contributed by atoms with Gasteiger partial charge in [0.15, 0.2) is 5.96 Å². The van der Waals surface area contributed by atoms with Crippen molar-refractivity contribution in [2.45, 2.75) is 19.4 Å². The molecular weight excluding hydrogens is 250 g/mol. The van der Waals surface area contributed by atoms with Gasteiger partial charge in [-0.25, -0.2) is 0 Å². The van der Waals surface area contributed by atoms with E-state index < -0.39 is 0 Å². The van der Waals surface area contributed by atoms with Crippen LogP contribution in [0.3, 0.4) is 0 Å². The van der Waals surface area contributed by atoms with Gasteiger partial charge in [-0.1, -0.05) is 18.2 Å². The van der Waals surface area contributed by atoms with Crippen molar-refractivity contribution in [3.63, 3.8) is 0 Å². The lowest BCUT2D eigenvalue weighted by Gasteiger charge is -2.22. The maximum absolute atomic E-state index is 5.22. The van der Waals surface area contributed by atoms with Gasteiger partial charge in [-0.3, -0.25) is 4.99 Å². The van der Waals surface area contributed by atoms with E-state index in [1.807, 2.05) is 31.3 Å². The lowest BCUT2D eigenvalue weighted by molar-refractivity contribution is 0.414. The highest BCUT2D eigenvalue weighted by Crippen LogP contribution is 2.12. The highest BCUT2D eigenvalue weighted by Gasteiger charge is 2.05. The fourth-order valence-electron chi connectivity index (χ4n) is 1.93. The fraction of sp³-hybridized carbons (Fsp3) is 0.438. The van der Waals surface area contributed by atoms with Crippen molar-refractivity contribution in [1.29, 1.82) is 0 Å². The van der Waals surface area contributed by atoms with E-state index in [4.69, 9.17) is 4.74 Å². The number of methoxy groups -OCH3 is 1. The Morgan fingerprint density at radius 1 is 1.50 bits per heavy atom. The smallest absolute Gasteiger partial charge is 0.193 e. The number of hydrogen-bond donors (Lipinski definition) is 1. The lowest BCUT2D eigenvalue weighted by atomic mass is 10.2. The van der Waals surface area contributed by atoms with Crippen molar-refractivity contribution < 1.29 is 4.74 Å². The second-order valence-electron chi connectivity index (χ2n) is 4.60. The van der Waals surface area contributed by atoms with Crippen LogP contribution in [0.25, 0.3) is 0 Å². The molecule has 1 aromatic carbocycles. The van der Waals surface area contributed by atoms with Crippen LogP contribution in [0.15, 0.2) is 41.9 Å². The molecule has 1 aromatic rings. The largest absolute Gasteiger partial charge is 0.497 e. The molecule has 0 radical (unpaired) electrons. The van der Waals surface area contributed by atoms with E-state index in [1.165, 1.54) is 5.56 Å². The van der Waals surface area contributed by atoms with Crippen LogP contribution in [0.4, 0.5) is 0 Å². The molecule has 0 heterocycles. The summed E-state index contributed by atoms with van der Waals surface area (Å²) in [7, 11) is 5.53. The molecule has 0 saturated heterocycles. The zero-order valence-corrected chi connectivity index (χ0v) is 12.7. The third kappa shape index (κ3) is 5.34. The van der Waals surface area contributed by atoms with Crippen LogP contribution in [0.1, 0.15) is 18.4 Å². The van der Waals surface area contributed by atoms with Crippen molar-refractivity contribution in [2.75, 3.05) is 27.7 Å². The Labute approximate surface area is 122 Å². The molecular formula is C16H25N3O. The van der Waals surface area contributed by atoms with Gasteiger partial charge in [0.1, 0.15) is 5.75 Å². The standard InChI is InChI=1S/C16H25N3O/c1-5-6-7-11-19(3)16(17-2)18-13-14-9-8-10-15(12-14)20-4/h5,8-10,12H,1,6-7,11,13H2,2-4H3,(H,17,18). The first-order chi connectivity index (χ1) is 9.71. The molecule has 20 heavy (non-hydrogen) atoms. The monoisotopic (exact) mass is 275 g/mol. The molecule has 0 spiro atoms. The van der Waals surface area contributed by atoms with Crippen LogP contribution in [0.2, 0.25) is 0 Å². The minimum absolute atomic E-state index is 0.732. The van der Waals surface area contributed by atoms with E-state index >= 15 is 0 Å². The third-order valence-corrected chi connectivity index (χ3v) is 3.06. The summed E-state index contributed by atoms with van der Waals surface area (Å²) in [6, 6.07) is 8.03. The van der Waals surface area contributed by atoms with Crippen molar-refractivity contribution in [1.82, 2.24) is 10.2 Å². The topological polar surface area (TPSA) is 36.9 Å². The molecule has 0 atom stereocenters. The molecule has 110 valence electrons. The number of allylic oxidation sites excluding steroid dienone is 1. The molecule has 1 N–H and O–H groups in total. The summed E-state index contributed by atoms with van der Waals surface area (Å²) in [6.07, 6.45) is 4.05. The second-order valence-corrected chi connectivity index (χ2v) is 4.60. The Kier molecular flexibility index (Phi) is 7.25. The number of guanidine groups is 1. The molecule has 0 amide bonds. The molecule has 0 aromatic heterocycles. The van der Waals surface area contributed by atoms with Gasteiger partial charge in [0, 0.05) is 27.2 Å². The number of hydrogen-bond acceptors (Lipinski definition) is 2. The summed E-state index contributed by atoms with van der Waals surface area (Å²) in [4.78, 5) is 6.43. The van der Waals surface area contributed by atoms with E-state index in [1.54, 1.807) is 14.2 Å². The van der Waals surface area contributed by atoms with Gasteiger partial charge in [0.2, 0.25) is 0 Å². The molecule has 0 bridgehead atoms. The second kappa shape index (κ2) is 9.02. The predicted octanol–water partition coefficient (Wildman–Crippen LogP) is 2.67. The molecule has 4 nitrogen and oxygen atoms in total. The summed E-state index contributed by atoms with van der Waals surface area (Å²) < 4.78 is 5.22. The Morgan fingerprint density at radius 3 is 2.95 bits per heavy atom. The van der Waals surface area contributed by atoms with Crippen molar-refractivity contribution in [3.8, 4) is 5.75 Å². The number of benzene rings is 1. The maximum Gasteiger partial charge on any atom is 0.193 e. The summed E-state index contributed by atoms with van der Waals surface area (Å²) in [6.45, 7) is 5.43. The summed E-state index contributed by atoms with van der Waals surface area (Å²) >= 11 is 0. The summed E-state index contributed by atoms with van der Waals surface area (Å²) in [5, 5.41) is 3.36. The number of unbranched alkanes of at least 4 members (excludes halogenated alkanes) is 1. The lowest BCUT2D eigenvalue weighted by Crippen LogP contribution is -2.38. The van der Waals surface area contributed by atoms with E-state index in [0.29, 0.717) is 0 Å². The molecule has 0 aliphatic carbocycles. The number of aliphatic imine (C=N–C) groups is 1. The van der Waals surface area contributed by atoms with Crippen LogP contribution in [-0.4, -0.2) is 38.6 Å². The first-order valence-electron chi connectivity index (χ1n) is 6.87. The van der Waals surface area contributed by atoms with Crippen LogP contribution in [0.5, 0.6) is 5.75 Å². The zero-order valence-electron chi connectivity index (χ0n) is 12.7. The summed E-state index contributed by atoms with van der Waals surface area (Å²) in [5.74, 6) is 1.77. The SMILES string of the molecule is C=CCCCN(C)C(=NC)NCc1cccc(OC)c1. The quantitative estimate of drug-likeness (QED) is 0.360. The van der Waals surface area contributed by atoms with Crippen LogP contribution >= 0.6 is 0 Å². The zero-order chi connectivity index (χ0) is 14.8. The van der Waals surface area contributed by atoms with Gasteiger partial charge in [-0.15, -0.1) is 6.58 Å². The molecule has 0 saturated carbocycles. The van der Waals surface area contributed by atoms with E-state index in [9.17, 15) is 0 Å². The maximum atomic E-state index is 5.22. The number of nitrogens with zero attached hydrogens (tertiary/aromatic N) is 2. The van der Waals surface area contributed by atoms with Crippen molar-refractivity contribution in [2.24, 2.45) is 4.99 Å². The number of rotatable bonds is 7. The number of ether oxygens (including phenoxy) is 1. The molecule has 1 rings (SSSR count). The van der Waals surface area contributed by atoms with Gasteiger partial charge >= 0.3 is 0 Å². The van der Waals surface area contributed by atoms with Crippen LogP contribution < -0.4 is 10.1 Å². The normalized spacial score (nSPS) is 11.1. The minimum atomic E-state index is 0.732.